The van der Waals surface area contributed by atoms with Crippen molar-refractivity contribution >= 4 is 17.6 Å². The number of hydrogen-bond donors (Lipinski definition) is 2. The van der Waals surface area contributed by atoms with Gasteiger partial charge in [-0.15, -0.1) is 0 Å². The Morgan fingerprint density at radius 2 is 2.21 bits per heavy atom. The first kappa shape index (κ1) is 18.9. The molecule has 24 heavy (non-hydrogen) atoms. The van der Waals surface area contributed by atoms with Gasteiger partial charge in [0.25, 0.3) is 0 Å². The van der Waals surface area contributed by atoms with Gasteiger partial charge in [0.2, 0.25) is 0 Å². The first-order valence-corrected chi connectivity index (χ1v) is 8.24. The fraction of sp³-hybridized carbons (Fsp3) is 0.562. The van der Waals surface area contributed by atoms with Crippen LogP contribution in [0.2, 0.25) is 5.02 Å². The normalized spacial score (nSPS) is 19.5. The van der Waals surface area contributed by atoms with Gasteiger partial charge in [0.15, 0.2) is 5.96 Å². The molecule has 1 unspecified atom stereocenters. The van der Waals surface area contributed by atoms with Crippen LogP contribution in [0.15, 0.2) is 29.3 Å². The van der Waals surface area contributed by atoms with Gasteiger partial charge in [-0.05, 0) is 30.5 Å². The molecule has 8 heteroatoms. The fourth-order valence-corrected chi connectivity index (χ4v) is 2.97. The summed E-state index contributed by atoms with van der Waals surface area (Å²) in [6.07, 6.45) is -2.69. The maximum absolute atomic E-state index is 12.4. The number of likely N-dealkylation sites (tertiary alicyclic amines) is 1. The Morgan fingerprint density at radius 1 is 1.42 bits per heavy atom. The monoisotopic (exact) mass is 362 g/mol. The minimum Gasteiger partial charge on any atom is -0.356 e. The molecule has 0 radical (unpaired) electrons. The Labute approximate surface area is 145 Å². The first-order valence-electron chi connectivity index (χ1n) is 7.86. The molecule has 4 nitrogen and oxygen atoms in total. The Hall–Kier alpha value is -1.47. The van der Waals surface area contributed by atoms with Gasteiger partial charge in [-0.25, -0.2) is 0 Å². The summed E-state index contributed by atoms with van der Waals surface area (Å²) in [5, 5.41) is 7.06. The molecule has 134 valence electrons. The molecule has 0 saturated carbocycles. The fourth-order valence-electron chi connectivity index (χ4n) is 2.75. The highest BCUT2D eigenvalue weighted by Gasteiger charge is 2.34. The summed E-state index contributed by atoms with van der Waals surface area (Å²) >= 11 is 5.95. The molecule has 0 spiro atoms. The molecule has 1 fully saturated rings. The summed E-state index contributed by atoms with van der Waals surface area (Å²) in [5.74, 6) is 0.607. The molecule has 2 rings (SSSR count). The number of nitrogens with zero attached hydrogens (tertiary/aromatic N) is 2. The van der Waals surface area contributed by atoms with E-state index in [1.807, 2.05) is 24.3 Å². The van der Waals surface area contributed by atoms with Crippen molar-refractivity contribution in [3.05, 3.63) is 34.9 Å². The van der Waals surface area contributed by atoms with E-state index in [9.17, 15) is 13.2 Å². The van der Waals surface area contributed by atoms with Gasteiger partial charge < -0.3 is 10.6 Å². The Morgan fingerprint density at radius 3 is 2.88 bits per heavy atom. The van der Waals surface area contributed by atoms with Crippen molar-refractivity contribution in [3.63, 3.8) is 0 Å². The topological polar surface area (TPSA) is 39.7 Å². The molecule has 1 aromatic carbocycles. The number of rotatable bonds is 5. The van der Waals surface area contributed by atoms with Crippen LogP contribution in [0, 0.1) is 0 Å². The third-order valence-corrected chi connectivity index (χ3v) is 4.07. The summed E-state index contributed by atoms with van der Waals surface area (Å²) in [5.41, 5.74) is 1.11. The zero-order valence-corrected chi connectivity index (χ0v) is 14.3. The summed E-state index contributed by atoms with van der Waals surface area (Å²) in [7, 11) is 1.65. The van der Waals surface area contributed by atoms with Gasteiger partial charge in [0, 0.05) is 37.7 Å². The summed E-state index contributed by atoms with van der Waals surface area (Å²) in [4.78, 5) is 5.54. The number of alkyl halides is 3. The zero-order valence-electron chi connectivity index (χ0n) is 13.5. The molecule has 2 N–H and O–H groups in total. The van der Waals surface area contributed by atoms with Gasteiger partial charge in [0.1, 0.15) is 0 Å². The van der Waals surface area contributed by atoms with E-state index in [0.29, 0.717) is 37.0 Å². The highest BCUT2D eigenvalue weighted by Crippen LogP contribution is 2.19. The van der Waals surface area contributed by atoms with Crippen molar-refractivity contribution in [1.29, 1.82) is 0 Å². The van der Waals surface area contributed by atoms with Gasteiger partial charge >= 0.3 is 6.18 Å². The molecular formula is C16H22ClF3N4. The molecule has 0 amide bonds. The van der Waals surface area contributed by atoms with E-state index in [2.05, 4.69) is 15.6 Å². The number of nitrogens with one attached hydrogen (secondary N) is 2. The predicted molar refractivity (Wildman–Crippen MR) is 90.6 cm³/mol. The van der Waals surface area contributed by atoms with Crippen LogP contribution >= 0.6 is 11.6 Å². The number of guanidine groups is 1. The van der Waals surface area contributed by atoms with E-state index in [4.69, 9.17) is 11.6 Å². The second-order valence-electron chi connectivity index (χ2n) is 5.86. The van der Waals surface area contributed by atoms with Crippen LogP contribution in [0.4, 0.5) is 13.2 Å². The number of hydrogen-bond acceptors (Lipinski definition) is 2. The lowest BCUT2D eigenvalue weighted by atomic mass is 10.1. The number of aliphatic imine (C=N–C) groups is 1. The van der Waals surface area contributed by atoms with E-state index < -0.39 is 12.7 Å². The van der Waals surface area contributed by atoms with Gasteiger partial charge in [-0.3, -0.25) is 9.89 Å². The average Bonchev–Trinajstić information content (AvgIpc) is 2.91. The summed E-state index contributed by atoms with van der Waals surface area (Å²) < 4.78 is 37.2. The summed E-state index contributed by atoms with van der Waals surface area (Å²) in [6, 6.07) is 7.61. The standard InChI is InChI=1S/C16H22ClF3N4/c1-21-15(22-7-5-12-3-2-4-13(17)9-12)23-14-6-8-24(10-14)11-16(18,19)20/h2-4,9,14H,5-8,10-11H2,1H3,(H2,21,22,23). The lowest BCUT2D eigenvalue weighted by Gasteiger charge is -2.19. The van der Waals surface area contributed by atoms with Crippen molar-refractivity contribution in [2.24, 2.45) is 4.99 Å². The first-order chi connectivity index (χ1) is 11.4. The smallest absolute Gasteiger partial charge is 0.356 e. The van der Waals surface area contributed by atoms with Crippen molar-refractivity contribution in [2.45, 2.75) is 25.1 Å². The van der Waals surface area contributed by atoms with Crippen LogP contribution in [0.5, 0.6) is 0 Å². The third kappa shape index (κ3) is 6.57. The van der Waals surface area contributed by atoms with Crippen LogP contribution in [0.1, 0.15) is 12.0 Å². The van der Waals surface area contributed by atoms with Gasteiger partial charge in [0.05, 0.1) is 6.54 Å². The lowest BCUT2D eigenvalue weighted by Crippen LogP contribution is -2.45. The Bertz CT molecular complexity index is 562. The van der Waals surface area contributed by atoms with E-state index in [-0.39, 0.29) is 6.04 Å². The maximum atomic E-state index is 12.4. The molecule has 1 saturated heterocycles. The molecule has 1 aromatic rings. The minimum absolute atomic E-state index is 0.0234. The molecule has 0 aliphatic carbocycles. The van der Waals surface area contributed by atoms with Crippen LogP contribution < -0.4 is 10.6 Å². The second-order valence-corrected chi connectivity index (χ2v) is 6.30. The molecular weight excluding hydrogens is 341 g/mol. The van der Waals surface area contributed by atoms with Crippen LogP contribution in [0.25, 0.3) is 0 Å². The predicted octanol–water partition coefficient (Wildman–Crippen LogP) is 2.68. The number of halogens is 4. The molecule has 1 atom stereocenters. The van der Waals surface area contributed by atoms with E-state index in [1.165, 1.54) is 4.90 Å². The van der Waals surface area contributed by atoms with Crippen LogP contribution in [-0.2, 0) is 6.42 Å². The van der Waals surface area contributed by atoms with Crippen molar-refractivity contribution in [1.82, 2.24) is 15.5 Å². The van der Waals surface area contributed by atoms with Gasteiger partial charge in [-0.1, -0.05) is 23.7 Å². The number of benzene rings is 1. The lowest BCUT2D eigenvalue weighted by molar-refractivity contribution is -0.143. The largest absolute Gasteiger partial charge is 0.401 e. The maximum Gasteiger partial charge on any atom is 0.401 e. The highest BCUT2D eigenvalue weighted by atomic mass is 35.5. The zero-order chi connectivity index (χ0) is 17.6. The van der Waals surface area contributed by atoms with Crippen molar-refractivity contribution in [3.8, 4) is 0 Å². The van der Waals surface area contributed by atoms with Crippen LogP contribution in [0.3, 0.4) is 0 Å². The van der Waals surface area contributed by atoms with E-state index in [1.54, 1.807) is 7.05 Å². The minimum atomic E-state index is -4.15. The van der Waals surface area contributed by atoms with Crippen molar-refractivity contribution in [2.75, 3.05) is 33.2 Å². The van der Waals surface area contributed by atoms with E-state index >= 15 is 0 Å². The third-order valence-electron chi connectivity index (χ3n) is 3.83. The highest BCUT2D eigenvalue weighted by molar-refractivity contribution is 6.30. The molecule has 0 aromatic heterocycles. The molecule has 1 aliphatic heterocycles. The summed E-state index contributed by atoms with van der Waals surface area (Å²) in [6.45, 7) is 0.621. The Balaban J connectivity index is 1.73. The van der Waals surface area contributed by atoms with E-state index in [0.717, 1.165) is 12.0 Å². The molecule has 1 heterocycles. The average molecular weight is 363 g/mol. The molecule has 1 aliphatic rings. The van der Waals surface area contributed by atoms with Gasteiger partial charge in [-0.2, -0.15) is 13.2 Å². The molecule has 0 bridgehead atoms. The second kappa shape index (κ2) is 8.58. The SMILES string of the molecule is CN=C(NCCc1cccc(Cl)c1)NC1CCN(CC(F)(F)F)C1. The Kier molecular flexibility index (Phi) is 6.74. The van der Waals surface area contributed by atoms with Crippen LogP contribution in [-0.4, -0.2) is 56.3 Å². The quantitative estimate of drug-likeness (QED) is 0.625. The van der Waals surface area contributed by atoms with Crippen molar-refractivity contribution < 1.29 is 13.2 Å².